The summed E-state index contributed by atoms with van der Waals surface area (Å²) < 4.78 is 41.0. The molecule has 8 atom stereocenters. The van der Waals surface area contributed by atoms with E-state index < -0.39 is 50.1 Å². The topological polar surface area (TPSA) is 136 Å². The van der Waals surface area contributed by atoms with Crippen molar-refractivity contribution < 1.29 is 37.0 Å². The molecule has 2 aromatic carbocycles. The number of amides is 2. The predicted octanol–water partition coefficient (Wildman–Crippen LogP) is 4.49. The number of likely N-dealkylation sites (tertiary alicyclic amines) is 1. The van der Waals surface area contributed by atoms with Gasteiger partial charge in [-0.1, -0.05) is 45.0 Å². The second kappa shape index (κ2) is 10.4. The molecule has 5 aliphatic heterocycles. The maximum absolute atomic E-state index is 15.7. The quantitative estimate of drug-likeness (QED) is 0.177. The van der Waals surface area contributed by atoms with Crippen LogP contribution in [0, 0.1) is 17.3 Å². The number of ether oxygens (including phenoxy) is 2. The van der Waals surface area contributed by atoms with Crippen LogP contribution < -0.4 is 19.5 Å². The van der Waals surface area contributed by atoms with Gasteiger partial charge in [0.15, 0.2) is 12.6 Å². The lowest BCUT2D eigenvalue weighted by molar-refractivity contribution is -1.09. The number of benzene rings is 2. The van der Waals surface area contributed by atoms with Gasteiger partial charge in [-0.3, -0.25) is 14.3 Å². The van der Waals surface area contributed by atoms with Gasteiger partial charge in [0, 0.05) is 29.1 Å². The molecule has 51 heavy (non-hydrogen) atoms. The summed E-state index contributed by atoms with van der Waals surface area (Å²) in [6.07, 6.45) is 4.83. The normalized spacial score (nSPS) is 36.2. The van der Waals surface area contributed by atoms with E-state index in [9.17, 15) is 13.2 Å². The molecule has 3 unspecified atom stereocenters. The number of methoxy groups -OCH3 is 1. The summed E-state index contributed by atoms with van der Waals surface area (Å²) in [6.45, 7) is 11.0. The molecular formula is C38H44N5O7S+. The summed E-state index contributed by atoms with van der Waals surface area (Å²) in [7, 11) is -2.27. The Morgan fingerprint density at radius 3 is 2.55 bits per heavy atom. The van der Waals surface area contributed by atoms with E-state index in [4.69, 9.17) is 14.3 Å². The zero-order chi connectivity index (χ0) is 35.8. The third-order valence-electron chi connectivity index (χ3n) is 12.4. The van der Waals surface area contributed by atoms with Crippen LogP contribution in [-0.2, 0) is 24.4 Å². The number of carbonyl (C=O) groups is 2. The first-order chi connectivity index (χ1) is 24.2. The van der Waals surface area contributed by atoms with Gasteiger partial charge in [-0.15, -0.1) is 16.1 Å². The summed E-state index contributed by atoms with van der Waals surface area (Å²) in [5, 5.41) is 4.72. The van der Waals surface area contributed by atoms with Crippen molar-refractivity contribution in [2.45, 2.75) is 87.2 Å². The highest BCUT2D eigenvalue weighted by molar-refractivity contribution is 7.91. The molecule has 5 saturated heterocycles. The average Bonchev–Trinajstić information content (AvgIpc) is 4.02. The monoisotopic (exact) mass is 714 g/mol. The number of hydroxylamine groups is 3. The molecule has 12 nitrogen and oxygen atoms in total. The summed E-state index contributed by atoms with van der Waals surface area (Å²) in [6, 6.07) is 17.0. The molecule has 2 saturated carbocycles. The third kappa shape index (κ3) is 4.50. The minimum Gasteiger partial charge on any atom is -0.497 e. The molecule has 10 rings (SSSR count). The molecule has 2 N–H and O–H groups in total. The van der Waals surface area contributed by atoms with Crippen LogP contribution in [0.1, 0.15) is 52.9 Å². The van der Waals surface area contributed by atoms with Gasteiger partial charge >= 0.3 is 5.79 Å². The van der Waals surface area contributed by atoms with Crippen molar-refractivity contribution in [3.05, 3.63) is 73.4 Å². The van der Waals surface area contributed by atoms with Crippen molar-refractivity contribution in [3.8, 4) is 11.6 Å². The van der Waals surface area contributed by atoms with Crippen LogP contribution in [0.25, 0.3) is 10.8 Å². The fourth-order valence-electron chi connectivity index (χ4n) is 9.72. The lowest BCUT2D eigenvalue weighted by Crippen LogP contribution is -2.64. The van der Waals surface area contributed by atoms with Gasteiger partial charge in [0.1, 0.15) is 17.5 Å². The minimum absolute atomic E-state index is 0.00894. The number of nitrogens with one attached hydrogen (secondary N) is 2. The molecule has 6 heterocycles. The molecule has 2 bridgehead atoms. The highest BCUT2D eigenvalue weighted by atomic mass is 32.2. The van der Waals surface area contributed by atoms with Crippen molar-refractivity contribution in [1.82, 2.24) is 14.6 Å². The van der Waals surface area contributed by atoms with Crippen molar-refractivity contribution in [2.24, 2.45) is 17.3 Å². The maximum Gasteiger partial charge on any atom is 0.323 e. The summed E-state index contributed by atoms with van der Waals surface area (Å²) in [5.41, 5.74) is -1.92. The summed E-state index contributed by atoms with van der Waals surface area (Å²) in [4.78, 5) is 43.2. The Hall–Kier alpha value is -4.20. The van der Waals surface area contributed by atoms with Crippen LogP contribution >= 0.6 is 0 Å². The second-order valence-corrected chi connectivity index (χ2v) is 18.3. The number of anilines is 1. The molecule has 2 aliphatic carbocycles. The van der Waals surface area contributed by atoms with Crippen LogP contribution in [0.2, 0.25) is 0 Å². The van der Waals surface area contributed by atoms with Crippen LogP contribution in [0.5, 0.6) is 11.6 Å². The summed E-state index contributed by atoms with van der Waals surface area (Å²) in [5.74, 6) is -1.32. The number of aromatic nitrogens is 1. The molecule has 13 heteroatoms. The van der Waals surface area contributed by atoms with Gasteiger partial charge in [0.05, 0.1) is 18.8 Å². The molecule has 0 radical (unpaired) electrons. The van der Waals surface area contributed by atoms with E-state index in [-0.39, 0.29) is 40.8 Å². The van der Waals surface area contributed by atoms with Gasteiger partial charge in [-0.2, -0.15) is 0 Å². The fourth-order valence-corrected chi connectivity index (χ4v) is 11.1. The van der Waals surface area contributed by atoms with E-state index in [0.717, 1.165) is 16.5 Å². The van der Waals surface area contributed by atoms with Crippen LogP contribution in [-0.4, -0.2) is 82.7 Å². The van der Waals surface area contributed by atoms with Crippen LogP contribution in [0.3, 0.4) is 0 Å². The zero-order valence-electron chi connectivity index (χ0n) is 29.3. The van der Waals surface area contributed by atoms with Crippen molar-refractivity contribution in [1.29, 1.82) is 0 Å². The molecule has 7 fully saturated rings. The van der Waals surface area contributed by atoms with E-state index >= 15 is 4.79 Å². The SMILES string of the molecule is C=C[C@@H]1C[C@@]1(C(=O)NS(=O)(=O)C1CC1)N1C(=O)[C@@]23C[C@]4(Oc5nccc6cc(OC)ccc56)C[N+]2(O4)C3[C@H](C(C)(C)C)CC1Nc1ccccc1. The lowest BCUT2D eigenvalue weighted by Gasteiger charge is -2.44. The Balaban J connectivity index is 1.13. The van der Waals surface area contributed by atoms with E-state index in [2.05, 4.69) is 42.4 Å². The van der Waals surface area contributed by atoms with Crippen LogP contribution in [0.4, 0.5) is 5.69 Å². The second-order valence-electron chi connectivity index (χ2n) is 16.4. The highest BCUT2D eigenvalue weighted by Crippen LogP contribution is 2.76. The van der Waals surface area contributed by atoms with E-state index in [1.165, 1.54) is 0 Å². The molecular weight excluding hydrogens is 671 g/mol. The van der Waals surface area contributed by atoms with E-state index in [1.54, 1.807) is 24.3 Å². The van der Waals surface area contributed by atoms with Crippen LogP contribution in [0.15, 0.2) is 73.4 Å². The number of fused-ring (bicyclic) bond motifs is 1. The number of sulfonamides is 1. The first kappa shape index (κ1) is 32.7. The first-order valence-corrected chi connectivity index (χ1v) is 19.3. The number of hydrogen-bond donors (Lipinski definition) is 2. The molecule has 2 amide bonds. The zero-order valence-corrected chi connectivity index (χ0v) is 30.1. The molecule has 2 spiro atoms. The van der Waals surface area contributed by atoms with Gasteiger partial charge < -0.3 is 19.7 Å². The Kier molecular flexibility index (Phi) is 6.70. The number of pyridine rings is 1. The van der Waals surface area contributed by atoms with Gasteiger partial charge in [-0.05, 0) is 72.9 Å². The van der Waals surface area contributed by atoms with E-state index in [0.29, 0.717) is 37.4 Å². The molecule has 268 valence electrons. The Morgan fingerprint density at radius 2 is 1.90 bits per heavy atom. The number of quaternary nitrogens is 1. The number of piperidine rings is 1. The average molecular weight is 715 g/mol. The largest absolute Gasteiger partial charge is 0.497 e. The smallest absolute Gasteiger partial charge is 0.323 e. The maximum atomic E-state index is 15.7. The highest BCUT2D eigenvalue weighted by Gasteiger charge is 3.05. The standard InChI is InChI=1S/C38H43N5O7S/c1-6-24-20-37(24,33(44)41-51(46,47)27-13-14-27)42-30(40-25-10-8-7-9-11-25)19-29(35(2,3)4)31-38(34(42)45)21-36(22-43(31,38)50-36)49-32-28-15-12-26(48-5)18-23(28)16-17-39-32/h6-12,15-18,24,27,29-31,40H,1,13-14,19-22H2,2-5H3/p+1/t24-,29-,30?,31?,36-,37-,38+,43?/m1/s1. The van der Waals surface area contributed by atoms with Crippen molar-refractivity contribution >= 4 is 38.3 Å². The molecule has 1 aromatic heterocycles. The van der Waals surface area contributed by atoms with Gasteiger partial charge in [0.25, 0.3) is 17.4 Å². The fraction of sp³-hybridized carbons (Fsp3) is 0.500. The predicted molar refractivity (Wildman–Crippen MR) is 188 cm³/mol. The summed E-state index contributed by atoms with van der Waals surface area (Å²) >= 11 is 0. The third-order valence-corrected chi connectivity index (χ3v) is 14.2. The Bertz CT molecular complexity index is 2090. The molecule has 3 aromatic rings. The Morgan fingerprint density at radius 1 is 1.16 bits per heavy atom. The Labute approximate surface area is 297 Å². The minimum atomic E-state index is -3.89. The molecule has 7 aliphatic rings. The van der Waals surface area contributed by atoms with Crippen molar-refractivity contribution in [2.75, 3.05) is 19.0 Å². The number of carbonyl (C=O) groups excluding carboxylic acids is 2. The van der Waals surface area contributed by atoms with Gasteiger partial charge in [0.2, 0.25) is 15.9 Å². The van der Waals surface area contributed by atoms with E-state index in [1.807, 2.05) is 54.6 Å². The number of para-hydroxylation sites is 1. The van der Waals surface area contributed by atoms with Crippen molar-refractivity contribution in [3.63, 3.8) is 0 Å². The first-order valence-electron chi connectivity index (χ1n) is 17.8. The number of nitrogens with zero attached hydrogens (tertiary/aromatic N) is 3. The number of rotatable bonds is 10. The number of hydrogen-bond acceptors (Lipinski definition) is 9. The lowest BCUT2D eigenvalue weighted by atomic mass is 9.72. The van der Waals surface area contributed by atoms with Gasteiger partial charge in [-0.25, -0.2) is 13.4 Å².